The monoisotopic (exact) mass is 539 g/mol. The Hall–Kier alpha value is -4.34. The molecule has 0 aliphatic heterocycles. The molecule has 0 aliphatic carbocycles. The van der Waals surface area contributed by atoms with Crippen molar-refractivity contribution in [3.63, 3.8) is 0 Å². The highest BCUT2D eigenvalue weighted by molar-refractivity contribution is 5.99. The quantitative estimate of drug-likeness (QED) is 0.347. The number of halogens is 2. The van der Waals surface area contributed by atoms with Crippen LogP contribution >= 0.6 is 0 Å². The Morgan fingerprint density at radius 1 is 0.897 bits per heavy atom. The third-order valence-corrected chi connectivity index (χ3v) is 6.04. The lowest BCUT2D eigenvalue weighted by atomic mass is 9.85. The Balaban J connectivity index is 1.77. The molecule has 0 aliphatic rings. The summed E-state index contributed by atoms with van der Waals surface area (Å²) in [6.45, 7) is 5.07. The zero-order valence-electron chi connectivity index (χ0n) is 22.2. The number of rotatable bonds is 11. The number of carbonyl (C=O) groups excluding carboxylic acids is 3. The number of nitrogens with zero attached hydrogens (tertiary/aromatic N) is 1. The molecule has 2 N–H and O–H groups in total. The number of hydrogen-bond donors (Lipinski definition) is 2. The van der Waals surface area contributed by atoms with Crippen LogP contribution in [0.5, 0.6) is 11.5 Å². The van der Waals surface area contributed by atoms with E-state index in [1.54, 1.807) is 31.2 Å². The first-order valence-electron chi connectivity index (χ1n) is 12.5. The van der Waals surface area contributed by atoms with E-state index in [1.807, 2.05) is 6.92 Å². The molecule has 3 rings (SSSR count). The first-order valence-corrected chi connectivity index (χ1v) is 12.5. The molecular weight excluding hydrogens is 508 g/mol. The van der Waals surface area contributed by atoms with Gasteiger partial charge in [-0.05, 0) is 55.7 Å². The van der Waals surface area contributed by atoms with Gasteiger partial charge >= 0.3 is 5.97 Å². The van der Waals surface area contributed by atoms with E-state index in [9.17, 15) is 23.2 Å². The summed E-state index contributed by atoms with van der Waals surface area (Å²) < 4.78 is 37.7. The molecule has 2 amide bonds. The number of ether oxygens (including phenoxy) is 2. The summed E-state index contributed by atoms with van der Waals surface area (Å²) >= 11 is 0. The highest BCUT2D eigenvalue weighted by Crippen LogP contribution is 2.31. The van der Waals surface area contributed by atoms with Crippen molar-refractivity contribution in [1.29, 1.82) is 0 Å². The van der Waals surface area contributed by atoms with Gasteiger partial charge in [-0.25, -0.2) is 13.8 Å². The van der Waals surface area contributed by atoms with Crippen LogP contribution in [-0.4, -0.2) is 42.0 Å². The van der Waals surface area contributed by atoms with Crippen LogP contribution in [-0.2, 0) is 9.59 Å². The van der Waals surface area contributed by atoms with Crippen molar-refractivity contribution in [1.82, 2.24) is 15.6 Å². The molecule has 0 saturated heterocycles. The van der Waals surface area contributed by atoms with Gasteiger partial charge < -0.3 is 20.1 Å². The van der Waals surface area contributed by atoms with E-state index in [1.165, 1.54) is 50.6 Å². The summed E-state index contributed by atoms with van der Waals surface area (Å²) in [6.07, 6.45) is 2.02. The van der Waals surface area contributed by atoms with Crippen molar-refractivity contribution >= 4 is 17.8 Å². The largest absolute Gasteiger partial charge is 0.493 e. The Bertz CT molecular complexity index is 1250. The Morgan fingerprint density at radius 2 is 1.46 bits per heavy atom. The second-order valence-corrected chi connectivity index (χ2v) is 8.99. The van der Waals surface area contributed by atoms with Crippen molar-refractivity contribution in [2.75, 3.05) is 7.11 Å². The molecule has 0 unspecified atom stereocenters. The van der Waals surface area contributed by atoms with Gasteiger partial charge in [0.25, 0.3) is 5.91 Å². The molecule has 1 aromatic heterocycles. The molecule has 10 heteroatoms. The number of methoxy groups -OCH3 is 1. The second kappa shape index (κ2) is 13.5. The van der Waals surface area contributed by atoms with Gasteiger partial charge in [0, 0.05) is 30.6 Å². The molecule has 2 atom stereocenters. The molecule has 1 heterocycles. The molecule has 206 valence electrons. The van der Waals surface area contributed by atoms with Crippen molar-refractivity contribution in [2.45, 2.75) is 51.6 Å². The average molecular weight is 540 g/mol. The van der Waals surface area contributed by atoms with E-state index < -0.39 is 47.4 Å². The SMILES string of the molecule is CCCC(=O)Oc1c(OC)ccnc1C(=O)N[C@@H](C)C(=O)N[C@H](C)C(c1ccc(F)cc1)c1ccc(F)cc1. The number of nitrogens with one attached hydrogen (secondary N) is 2. The van der Waals surface area contributed by atoms with Gasteiger partial charge in [0.15, 0.2) is 11.4 Å². The molecule has 8 nitrogen and oxygen atoms in total. The van der Waals surface area contributed by atoms with Crippen LogP contribution in [0.4, 0.5) is 8.78 Å². The molecule has 0 bridgehead atoms. The van der Waals surface area contributed by atoms with E-state index in [2.05, 4.69) is 15.6 Å². The minimum absolute atomic E-state index is 0.135. The van der Waals surface area contributed by atoms with Gasteiger partial charge in [-0.3, -0.25) is 14.4 Å². The van der Waals surface area contributed by atoms with E-state index >= 15 is 0 Å². The van der Waals surface area contributed by atoms with E-state index in [-0.39, 0.29) is 23.6 Å². The smallest absolute Gasteiger partial charge is 0.311 e. The maximum atomic E-state index is 13.6. The zero-order chi connectivity index (χ0) is 28.5. The van der Waals surface area contributed by atoms with Crippen LogP contribution in [0.3, 0.4) is 0 Å². The molecule has 39 heavy (non-hydrogen) atoms. The summed E-state index contributed by atoms with van der Waals surface area (Å²) in [5.74, 6) is -3.02. The molecule has 0 radical (unpaired) electrons. The minimum atomic E-state index is -1.01. The summed E-state index contributed by atoms with van der Waals surface area (Å²) in [5, 5.41) is 5.45. The fourth-order valence-electron chi connectivity index (χ4n) is 4.09. The summed E-state index contributed by atoms with van der Waals surface area (Å²) in [5.41, 5.74) is 1.22. The maximum Gasteiger partial charge on any atom is 0.311 e. The predicted molar refractivity (Wildman–Crippen MR) is 141 cm³/mol. The fraction of sp³-hybridized carbons (Fsp3) is 0.310. The normalized spacial score (nSPS) is 12.4. The number of aromatic nitrogens is 1. The number of esters is 1. The third kappa shape index (κ3) is 7.59. The molecule has 2 aromatic carbocycles. The number of amides is 2. The van der Waals surface area contributed by atoms with Gasteiger partial charge in [0.1, 0.15) is 17.7 Å². The van der Waals surface area contributed by atoms with Crippen LogP contribution in [0.15, 0.2) is 60.8 Å². The standard InChI is InChI=1S/C29H31F2N3O5/c1-5-6-24(35)39-27-23(38-4)15-16-32-26(27)29(37)34-18(3)28(36)33-17(2)25(19-7-11-21(30)12-8-19)20-9-13-22(31)14-10-20/h7-18,25H,5-6H2,1-4H3,(H,33,36)(H,34,37)/t17-,18+/m1/s1. The van der Waals surface area contributed by atoms with Crippen molar-refractivity contribution < 1.29 is 32.6 Å². The minimum Gasteiger partial charge on any atom is -0.493 e. The third-order valence-electron chi connectivity index (χ3n) is 6.04. The van der Waals surface area contributed by atoms with Crippen LogP contribution in [0, 0.1) is 11.6 Å². The van der Waals surface area contributed by atoms with E-state index in [4.69, 9.17) is 9.47 Å². The number of hydrogen-bond acceptors (Lipinski definition) is 6. The van der Waals surface area contributed by atoms with Crippen molar-refractivity contribution in [3.8, 4) is 11.5 Å². The van der Waals surface area contributed by atoms with Gasteiger partial charge in [0.05, 0.1) is 7.11 Å². The van der Waals surface area contributed by atoms with Gasteiger partial charge in [-0.15, -0.1) is 0 Å². The molecule has 0 fully saturated rings. The topological polar surface area (TPSA) is 107 Å². The second-order valence-electron chi connectivity index (χ2n) is 8.99. The Labute approximate surface area is 225 Å². The van der Waals surface area contributed by atoms with Crippen LogP contribution in [0.25, 0.3) is 0 Å². The maximum absolute atomic E-state index is 13.6. The van der Waals surface area contributed by atoms with E-state index in [0.717, 1.165) is 0 Å². The Kier molecular flexibility index (Phi) is 10.1. The van der Waals surface area contributed by atoms with Gasteiger partial charge in [0.2, 0.25) is 11.7 Å². The highest BCUT2D eigenvalue weighted by atomic mass is 19.1. The molecule has 0 spiro atoms. The number of pyridine rings is 1. The van der Waals surface area contributed by atoms with Gasteiger partial charge in [-0.2, -0.15) is 0 Å². The van der Waals surface area contributed by atoms with Crippen LogP contribution in [0.1, 0.15) is 61.1 Å². The van der Waals surface area contributed by atoms with Gasteiger partial charge in [-0.1, -0.05) is 31.2 Å². The van der Waals surface area contributed by atoms with Crippen LogP contribution < -0.4 is 20.1 Å². The first-order chi connectivity index (χ1) is 18.6. The summed E-state index contributed by atoms with van der Waals surface area (Å²) in [6, 6.07) is 11.6. The predicted octanol–water partition coefficient (Wildman–Crippen LogP) is 4.53. The molecular formula is C29H31F2N3O5. The lowest BCUT2D eigenvalue weighted by Crippen LogP contribution is -2.49. The lowest BCUT2D eigenvalue weighted by molar-refractivity contribution is -0.134. The summed E-state index contributed by atoms with van der Waals surface area (Å²) in [7, 11) is 1.37. The van der Waals surface area contributed by atoms with Crippen LogP contribution in [0.2, 0.25) is 0 Å². The fourth-order valence-corrected chi connectivity index (χ4v) is 4.09. The zero-order valence-corrected chi connectivity index (χ0v) is 22.2. The average Bonchev–Trinajstić information content (AvgIpc) is 2.91. The van der Waals surface area contributed by atoms with Crippen molar-refractivity contribution in [2.24, 2.45) is 0 Å². The summed E-state index contributed by atoms with van der Waals surface area (Å²) in [4.78, 5) is 42.3. The molecule has 3 aromatic rings. The number of benzene rings is 2. The first kappa shape index (κ1) is 29.2. The highest BCUT2D eigenvalue weighted by Gasteiger charge is 2.28. The Morgan fingerprint density at radius 3 is 1.97 bits per heavy atom. The molecule has 0 saturated carbocycles. The number of carbonyl (C=O) groups is 3. The van der Waals surface area contributed by atoms with Crippen molar-refractivity contribution in [3.05, 3.63) is 89.2 Å². The lowest BCUT2D eigenvalue weighted by Gasteiger charge is -2.27. The van der Waals surface area contributed by atoms with E-state index in [0.29, 0.717) is 17.5 Å².